The molecule has 0 bridgehead atoms. The molecule has 2 N–H and O–H groups in total. The number of anilines is 1. The Hall–Kier alpha value is -2.53. The number of carboxylic acid groups (broad SMARTS) is 1. The lowest BCUT2D eigenvalue weighted by atomic mass is 10.2. The van der Waals surface area contributed by atoms with E-state index < -0.39 is 12.1 Å². The molecule has 2 rings (SSSR count). The van der Waals surface area contributed by atoms with Crippen molar-refractivity contribution in [3.63, 3.8) is 0 Å². The predicted octanol–water partition coefficient (Wildman–Crippen LogP) is 3.44. The fraction of sp³-hybridized carbons (Fsp3) is 0.125. The van der Waals surface area contributed by atoms with Crippen LogP contribution in [0.25, 0.3) is 0 Å². The first-order chi connectivity index (χ1) is 10.5. The van der Waals surface area contributed by atoms with E-state index in [0.29, 0.717) is 22.0 Å². The maximum Gasteiger partial charge on any atom is 0.344 e. The SMILES string of the molecule is C[C@H](Oc1ccc(C(=O)Nc2ccc(Cl)cc2)cc1)C(=O)O. The Balaban J connectivity index is 2.01. The van der Waals surface area contributed by atoms with Gasteiger partial charge in [-0.2, -0.15) is 0 Å². The van der Waals surface area contributed by atoms with Crippen LogP contribution in [0.5, 0.6) is 5.75 Å². The summed E-state index contributed by atoms with van der Waals surface area (Å²) in [6, 6.07) is 13.0. The molecule has 0 saturated heterocycles. The Kier molecular flexibility index (Phi) is 5.01. The van der Waals surface area contributed by atoms with Crippen LogP contribution in [0.15, 0.2) is 48.5 Å². The van der Waals surface area contributed by atoms with Crippen molar-refractivity contribution in [2.45, 2.75) is 13.0 Å². The van der Waals surface area contributed by atoms with Crippen molar-refractivity contribution < 1.29 is 19.4 Å². The number of aliphatic carboxylic acids is 1. The molecule has 0 spiro atoms. The minimum atomic E-state index is -1.05. The van der Waals surface area contributed by atoms with Crippen LogP contribution >= 0.6 is 11.6 Å². The highest BCUT2D eigenvalue weighted by atomic mass is 35.5. The van der Waals surface area contributed by atoms with Gasteiger partial charge in [0.05, 0.1) is 0 Å². The smallest absolute Gasteiger partial charge is 0.344 e. The van der Waals surface area contributed by atoms with Crippen molar-refractivity contribution in [3.8, 4) is 5.75 Å². The second-order valence-electron chi connectivity index (χ2n) is 4.58. The van der Waals surface area contributed by atoms with Crippen LogP contribution in [0.1, 0.15) is 17.3 Å². The molecule has 2 aromatic carbocycles. The lowest BCUT2D eigenvalue weighted by molar-refractivity contribution is -0.144. The van der Waals surface area contributed by atoms with E-state index in [0.717, 1.165) is 0 Å². The zero-order valence-corrected chi connectivity index (χ0v) is 12.5. The summed E-state index contributed by atoms with van der Waals surface area (Å²) in [5.74, 6) is -0.942. The summed E-state index contributed by atoms with van der Waals surface area (Å²) in [6.07, 6.45) is -0.950. The lowest BCUT2D eigenvalue weighted by Gasteiger charge is -2.11. The van der Waals surface area contributed by atoms with Crippen LogP contribution < -0.4 is 10.1 Å². The van der Waals surface area contributed by atoms with Gasteiger partial charge in [-0.25, -0.2) is 4.79 Å². The van der Waals surface area contributed by atoms with E-state index in [-0.39, 0.29) is 5.91 Å². The third kappa shape index (κ3) is 4.23. The number of carboxylic acids is 1. The quantitative estimate of drug-likeness (QED) is 0.885. The highest BCUT2D eigenvalue weighted by molar-refractivity contribution is 6.30. The fourth-order valence-corrected chi connectivity index (χ4v) is 1.80. The number of carbonyl (C=O) groups excluding carboxylic acids is 1. The molecule has 1 atom stereocenters. The molecule has 0 saturated carbocycles. The summed E-state index contributed by atoms with van der Waals surface area (Å²) >= 11 is 5.78. The average molecular weight is 320 g/mol. The number of hydrogen-bond donors (Lipinski definition) is 2. The van der Waals surface area contributed by atoms with E-state index in [1.807, 2.05) is 0 Å². The molecule has 5 nitrogen and oxygen atoms in total. The van der Waals surface area contributed by atoms with E-state index in [1.165, 1.54) is 6.92 Å². The number of nitrogens with one attached hydrogen (secondary N) is 1. The second-order valence-corrected chi connectivity index (χ2v) is 5.02. The molecule has 0 aliphatic rings. The van der Waals surface area contributed by atoms with Crippen LogP contribution in [0.4, 0.5) is 5.69 Å². The van der Waals surface area contributed by atoms with Gasteiger partial charge in [0.15, 0.2) is 6.10 Å². The molecule has 0 radical (unpaired) electrons. The molecule has 2 aromatic rings. The average Bonchev–Trinajstić information content (AvgIpc) is 2.50. The standard InChI is InChI=1S/C16H14ClNO4/c1-10(16(20)21)22-14-8-2-11(3-9-14)15(19)18-13-6-4-12(17)5-7-13/h2-10H,1H3,(H,18,19)(H,20,21)/t10-/m0/s1. The monoisotopic (exact) mass is 319 g/mol. The van der Waals surface area contributed by atoms with Gasteiger partial charge >= 0.3 is 5.97 Å². The Morgan fingerprint density at radius 1 is 1.09 bits per heavy atom. The Morgan fingerprint density at radius 2 is 1.68 bits per heavy atom. The molecule has 0 aromatic heterocycles. The van der Waals surface area contributed by atoms with Gasteiger partial charge in [0, 0.05) is 16.3 Å². The van der Waals surface area contributed by atoms with Crippen LogP contribution in [0.2, 0.25) is 5.02 Å². The van der Waals surface area contributed by atoms with Gasteiger partial charge in [0.2, 0.25) is 0 Å². The van der Waals surface area contributed by atoms with Gasteiger partial charge in [-0.1, -0.05) is 11.6 Å². The van der Waals surface area contributed by atoms with Crippen molar-refractivity contribution in [3.05, 3.63) is 59.1 Å². The first-order valence-electron chi connectivity index (χ1n) is 6.52. The topological polar surface area (TPSA) is 75.6 Å². The molecule has 0 aliphatic carbocycles. The van der Waals surface area contributed by atoms with Gasteiger partial charge in [-0.15, -0.1) is 0 Å². The number of ether oxygens (including phenoxy) is 1. The minimum absolute atomic E-state index is 0.278. The zero-order valence-electron chi connectivity index (χ0n) is 11.7. The third-order valence-electron chi connectivity index (χ3n) is 2.88. The highest BCUT2D eigenvalue weighted by Gasteiger charge is 2.13. The molecule has 114 valence electrons. The summed E-state index contributed by atoms with van der Waals surface area (Å²) in [5, 5.41) is 12.1. The van der Waals surface area contributed by atoms with Gasteiger partial charge in [0.1, 0.15) is 5.75 Å². The maximum absolute atomic E-state index is 12.1. The Morgan fingerprint density at radius 3 is 2.23 bits per heavy atom. The first-order valence-corrected chi connectivity index (χ1v) is 6.90. The van der Waals surface area contributed by atoms with Crippen LogP contribution in [-0.4, -0.2) is 23.1 Å². The summed E-state index contributed by atoms with van der Waals surface area (Å²) in [7, 11) is 0. The van der Waals surface area contributed by atoms with Crippen molar-refractivity contribution in [1.82, 2.24) is 0 Å². The van der Waals surface area contributed by atoms with Crippen molar-refractivity contribution in [1.29, 1.82) is 0 Å². The van der Waals surface area contributed by atoms with E-state index in [9.17, 15) is 9.59 Å². The zero-order chi connectivity index (χ0) is 16.1. The normalized spacial score (nSPS) is 11.5. The summed E-state index contributed by atoms with van der Waals surface area (Å²) < 4.78 is 5.20. The van der Waals surface area contributed by atoms with Crippen molar-refractivity contribution in [2.75, 3.05) is 5.32 Å². The van der Waals surface area contributed by atoms with Crippen LogP contribution in [0, 0.1) is 0 Å². The number of rotatable bonds is 5. The number of halogens is 1. The number of carbonyl (C=O) groups is 2. The highest BCUT2D eigenvalue weighted by Crippen LogP contribution is 2.17. The molecule has 0 fully saturated rings. The number of amides is 1. The summed E-state index contributed by atoms with van der Waals surface area (Å²) in [6.45, 7) is 1.43. The molecule has 0 aliphatic heterocycles. The van der Waals surface area contributed by atoms with E-state index in [1.54, 1.807) is 48.5 Å². The van der Waals surface area contributed by atoms with Crippen LogP contribution in [0.3, 0.4) is 0 Å². The van der Waals surface area contributed by atoms with E-state index >= 15 is 0 Å². The molecule has 0 unspecified atom stereocenters. The van der Waals surface area contributed by atoms with E-state index in [4.69, 9.17) is 21.4 Å². The molecule has 6 heteroatoms. The molecular formula is C16H14ClNO4. The van der Waals surface area contributed by atoms with Crippen molar-refractivity contribution in [2.24, 2.45) is 0 Å². The second kappa shape index (κ2) is 6.95. The van der Waals surface area contributed by atoms with Gasteiger partial charge in [-0.3, -0.25) is 4.79 Å². The summed E-state index contributed by atoms with van der Waals surface area (Å²) in [5.41, 5.74) is 1.07. The molecular weight excluding hydrogens is 306 g/mol. The van der Waals surface area contributed by atoms with Crippen molar-refractivity contribution >= 4 is 29.2 Å². The number of hydrogen-bond acceptors (Lipinski definition) is 3. The molecule has 22 heavy (non-hydrogen) atoms. The van der Waals surface area contributed by atoms with Gasteiger partial charge in [-0.05, 0) is 55.5 Å². The lowest BCUT2D eigenvalue weighted by Crippen LogP contribution is -2.22. The Bertz CT molecular complexity index is 668. The van der Waals surface area contributed by atoms with E-state index in [2.05, 4.69) is 5.32 Å². The third-order valence-corrected chi connectivity index (χ3v) is 3.13. The predicted molar refractivity (Wildman–Crippen MR) is 83.6 cm³/mol. The Labute approximate surface area is 132 Å². The van der Waals surface area contributed by atoms with Crippen LogP contribution in [-0.2, 0) is 4.79 Å². The number of benzene rings is 2. The fourth-order valence-electron chi connectivity index (χ4n) is 1.68. The maximum atomic E-state index is 12.1. The van der Waals surface area contributed by atoms with Gasteiger partial charge < -0.3 is 15.2 Å². The van der Waals surface area contributed by atoms with Gasteiger partial charge in [0.25, 0.3) is 5.91 Å². The summed E-state index contributed by atoms with van der Waals surface area (Å²) in [4.78, 5) is 22.8. The minimum Gasteiger partial charge on any atom is -0.479 e. The molecule has 1 amide bonds. The largest absolute Gasteiger partial charge is 0.479 e. The molecule has 0 heterocycles. The first kappa shape index (κ1) is 15.9.